The van der Waals surface area contributed by atoms with Crippen molar-refractivity contribution >= 4 is 17.4 Å². The molecule has 6 heteroatoms. The summed E-state index contributed by atoms with van der Waals surface area (Å²) in [5.74, 6) is 0.483. The van der Waals surface area contributed by atoms with Crippen molar-refractivity contribution in [1.29, 1.82) is 5.26 Å². The molecule has 0 saturated carbocycles. The zero-order chi connectivity index (χ0) is 15.2. The fraction of sp³-hybridized carbons (Fsp3) is 0.200. The smallest absolute Gasteiger partial charge is 0.221 e. The maximum Gasteiger partial charge on any atom is 0.221 e. The molecule has 106 valence electrons. The van der Waals surface area contributed by atoms with Crippen LogP contribution in [0.4, 0.5) is 11.5 Å². The summed E-state index contributed by atoms with van der Waals surface area (Å²) in [6.07, 6.45) is 2.94. The van der Waals surface area contributed by atoms with Crippen molar-refractivity contribution in [1.82, 2.24) is 9.97 Å². The van der Waals surface area contributed by atoms with Gasteiger partial charge in [0, 0.05) is 12.6 Å². The lowest BCUT2D eigenvalue weighted by atomic mass is 10.1. The van der Waals surface area contributed by atoms with Crippen LogP contribution in [0.2, 0.25) is 0 Å². The monoisotopic (exact) mass is 281 g/mol. The minimum atomic E-state index is -0.106. The van der Waals surface area contributed by atoms with Crippen LogP contribution in [0.15, 0.2) is 36.7 Å². The second-order valence-corrected chi connectivity index (χ2v) is 4.57. The Bertz CT molecular complexity index is 675. The van der Waals surface area contributed by atoms with E-state index in [1.54, 1.807) is 0 Å². The Morgan fingerprint density at radius 3 is 2.76 bits per heavy atom. The van der Waals surface area contributed by atoms with Gasteiger partial charge in [-0.2, -0.15) is 5.26 Å². The average Bonchev–Trinajstić information content (AvgIpc) is 2.47. The maximum atomic E-state index is 11.1. The third kappa shape index (κ3) is 4.01. The van der Waals surface area contributed by atoms with Gasteiger partial charge in [0.2, 0.25) is 5.91 Å². The van der Waals surface area contributed by atoms with E-state index in [4.69, 9.17) is 5.26 Å². The number of anilines is 2. The van der Waals surface area contributed by atoms with Gasteiger partial charge in [-0.05, 0) is 24.6 Å². The molecule has 0 bridgehead atoms. The number of carbonyl (C=O) groups excluding carboxylic acids is 1. The quantitative estimate of drug-likeness (QED) is 0.898. The summed E-state index contributed by atoms with van der Waals surface area (Å²) < 4.78 is 0. The van der Waals surface area contributed by atoms with Crippen LogP contribution >= 0.6 is 0 Å². The van der Waals surface area contributed by atoms with Crippen LogP contribution < -0.4 is 10.6 Å². The molecule has 1 amide bonds. The molecule has 0 aliphatic heterocycles. The van der Waals surface area contributed by atoms with Crippen LogP contribution in [0, 0.1) is 11.3 Å². The third-order valence-electron chi connectivity index (χ3n) is 2.84. The number of amides is 1. The molecule has 2 aromatic rings. The largest absolute Gasteiger partial charge is 0.362 e. The van der Waals surface area contributed by atoms with E-state index in [9.17, 15) is 4.79 Å². The van der Waals surface area contributed by atoms with Gasteiger partial charge in [0.25, 0.3) is 0 Å². The lowest BCUT2D eigenvalue weighted by Gasteiger charge is -2.15. The molecule has 1 atom stereocenters. The van der Waals surface area contributed by atoms with Gasteiger partial charge < -0.3 is 10.6 Å². The van der Waals surface area contributed by atoms with Crippen molar-refractivity contribution in [3.63, 3.8) is 0 Å². The standard InChI is InChI=1S/C15H15N5O/c1-10(19-15-9-17-14(7-16)8-18-15)12-4-3-5-13(6-12)20-11(2)21/h3-6,8-10H,1-2H3,(H,18,19)(H,20,21). The van der Waals surface area contributed by atoms with E-state index in [-0.39, 0.29) is 17.6 Å². The Morgan fingerprint density at radius 2 is 2.14 bits per heavy atom. The third-order valence-corrected chi connectivity index (χ3v) is 2.84. The molecule has 0 saturated heterocycles. The number of nitrogens with one attached hydrogen (secondary N) is 2. The van der Waals surface area contributed by atoms with Crippen LogP contribution in [0.3, 0.4) is 0 Å². The molecule has 1 unspecified atom stereocenters. The molecular weight excluding hydrogens is 266 g/mol. The molecule has 0 fully saturated rings. The minimum Gasteiger partial charge on any atom is -0.362 e. The number of benzene rings is 1. The highest BCUT2D eigenvalue weighted by molar-refractivity contribution is 5.88. The zero-order valence-electron chi connectivity index (χ0n) is 11.8. The predicted octanol–water partition coefficient (Wildman–Crippen LogP) is 2.48. The predicted molar refractivity (Wildman–Crippen MR) is 79.5 cm³/mol. The Hall–Kier alpha value is -2.94. The maximum absolute atomic E-state index is 11.1. The molecule has 0 radical (unpaired) electrons. The van der Waals surface area contributed by atoms with Crippen LogP contribution in [0.5, 0.6) is 0 Å². The molecule has 0 spiro atoms. The van der Waals surface area contributed by atoms with Crippen LogP contribution in [0.1, 0.15) is 31.1 Å². The van der Waals surface area contributed by atoms with Crippen LogP contribution in [0.25, 0.3) is 0 Å². The summed E-state index contributed by atoms with van der Waals surface area (Å²) in [6.45, 7) is 3.45. The normalized spacial score (nSPS) is 11.3. The highest BCUT2D eigenvalue weighted by Crippen LogP contribution is 2.20. The molecule has 2 N–H and O–H groups in total. The number of nitrogens with zero attached hydrogens (tertiary/aromatic N) is 3. The van der Waals surface area contributed by atoms with Gasteiger partial charge in [0.1, 0.15) is 11.9 Å². The fourth-order valence-electron chi connectivity index (χ4n) is 1.85. The highest BCUT2D eigenvalue weighted by Gasteiger charge is 2.07. The van der Waals surface area contributed by atoms with E-state index >= 15 is 0 Å². The molecule has 2 rings (SSSR count). The first-order valence-corrected chi connectivity index (χ1v) is 6.44. The molecule has 1 heterocycles. The van der Waals surface area contributed by atoms with Crippen molar-refractivity contribution in [2.45, 2.75) is 19.9 Å². The van der Waals surface area contributed by atoms with E-state index < -0.39 is 0 Å². The average molecular weight is 281 g/mol. The van der Waals surface area contributed by atoms with Crippen LogP contribution in [-0.2, 0) is 4.79 Å². The van der Waals surface area contributed by atoms with E-state index in [2.05, 4.69) is 20.6 Å². The van der Waals surface area contributed by atoms with Crippen molar-refractivity contribution in [3.05, 3.63) is 47.9 Å². The summed E-state index contributed by atoms with van der Waals surface area (Å²) >= 11 is 0. The number of carbonyl (C=O) groups is 1. The molecule has 21 heavy (non-hydrogen) atoms. The first-order chi connectivity index (χ1) is 10.1. The van der Waals surface area contributed by atoms with Crippen molar-refractivity contribution < 1.29 is 4.79 Å². The van der Waals surface area contributed by atoms with Crippen LogP contribution in [-0.4, -0.2) is 15.9 Å². The topological polar surface area (TPSA) is 90.7 Å². The molecule has 0 aliphatic carbocycles. The van der Waals surface area contributed by atoms with Gasteiger partial charge in [0.05, 0.1) is 18.4 Å². The minimum absolute atomic E-state index is 0.0130. The van der Waals surface area contributed by atoms with Gasteiger partial charge in [-0.25, -0.2) is 9.97 Å². The van der Waals surface area contributed by atoms with E-state index in [0.29, 0.717) is 5.82 Å². The number of hydrogen-bond acceptors (Lipinski definition) is 5. The molecule has 1 aromatic heterocycles. The number of rotatable bonds is 4. The Balaban J connectivity index is 2.10. The summed E-state index contributed by atoms with van der Waals surface area (Å²) in [4.78, 5) is 19.2. The number of aromatic nitrogens is 2. The molecule has 0 aliphatic rings. The Morgan fingerprint density at radius 1 is 1.33 bits per heavy atom. The summed E-state index contributed by atoms with van der Waals surface area (Å²) in [7, 11) is 0. The Kier molecular flexibility index (Phi) is 4.46. The lowest BCUT2D eigenvalue weighted by Crippen LogP contribution is -2.10. The molecule has 6 nitrogen and oxygen atoms in total. The summed E-state index contributed by atoms with van der Waals surface area (Å²) in [5, 5.41) is 14.6. The molecule has 1 aromatic carbocycles. The second-order valence-electron chi connectivity index (χ2n) is 4.57. The SMILES string of the molecule is CC(=O)Nc1cccc(C(C)Nc2cnc(C#N)cn2)c1. The fourth-order valence-corrected chi connectivity index (χ4v) is 1.85. The van der Waals surface area contributed by atoms with Gasteiger partial charge in [-0.1, -0.05) is 12.1 Å². The number of hydrogen-bond donors (Lipinski definition) is 2. The second kappa shape index (κ2) is 6.48. The zero-order valence-corrected chi connectivity index (χ0v) is 11.8. The van der Waals surface area contributed by atoms with Crippen molar-refractivity contribution in [2.24, 2.45) is 0 Å². The van der Waals surface area contributed by atoms with E-state index in [1.807, 2.05) is 37.3 Å². The van der Waals surface area contributed by atoms with Gasteiger partial charge in [-0.3, -0.25) is 4.79 Å². The van der Waals surface area contributed by atoms with Crippen molar-refractivity contribution in [3.8, 4) is 6.07 Å². The Labute approximate surface area is 122 Å². The highest BCUT2D eigenvalue weighted by atomic mass is 16.1. The summed E-state index contributed by atoms with van der Waals surface area (Å²) in [6, 6.07) is 9.48. The first kappa shape index (κ1) is 14.5. The lowest BCUT2D eigenvalue weighted by molar-refractivity contribution is -0.114. The van der Waals surface area contributed by atoms with E-state index in [0.717, 1.165) is 11.3 Å². The number of nitriles is 1. The van der Waals surface area contributed by atoms with Gasteiger partial charge >= 0.3 is 0 Å². The van der Waals surface area contributed by atoms with Crippen molar-refractivity contribution in [2.75, 3.05) is 10.6 Å². The van der Waals surface area contributed by atoms with Gasteiger partial charge in [-0.15, -0.1) is 0 Å². The van der Waals surface area contributed by atoms with Gasteiger partial charge in [0.15, 0.2) is 5.69 Å². The molecular formula is C15H15N5O. The summed E-state index contributed by atoms with van der Waals surface area (Å²) in [5.41, 5.74) is 2.04. The first-order valence-electron chi connectivity index (χ1n) is 6.44. The van der Waals surface area contributed by atoms with E-state index in [1.165, 1.54) is 19.3 Å².